The molecule has 0 aliphatic heterocycles. The molecule has 0 aliphatic carbocycles. The summed E-state index contributed by atoms with van der Waals surface area (Å²) in [6.07, 6.45) is -1.78. The molecule has 0 saturated heterocycles. The molecule has 0 fully saturated rings. The Labute approximate surface area is 127 Å². The van der Waals surface area contributed by atoms with Crippen LogP contribution in [0.5, 0.6) is 11.8 Å². The first-order chi connectivity index (χ1) is 10.4. The first-order valence-electron chi connectivity index (χ1n) is 6.06. The van der Waals surface area contributed by atoms with Crippen LogP contribution in [0.1, 0.15) is 5.69 Å². The van der Waals surface area contributed by atoms with Gasteiger partial charge in [0.05, 0.1) is 22.9 Å². The summed E-state index contributed by atoms with van der Waals surface area (Å²) in [4.78, 5) is 11.3. The number of halogens is 4. The number of pyridine rings is 1. The van der Waals surface area contributed by atoms with Gasteiger partial charge in [0.25, 0.3) is 0 Å². The maximum atomic E-state index is 12.7. The number of aromatic nitrogens is 3. The fraction of sp³-hybridized carbons (Fsp3) is 0.0714. The van der Waals surface area contributed by atoms with Gasteiger partial charge in [0.2, 0.25) is 0 Å². The quantitative estimate of drug-likeness (QED) is 0.696. The van der Waals surface area contributed by atoms with Gasteiger partial charge in [-0.1, -0.05) is 17.7 Å². The number of ether oxygens (including phenoxy) is 1. The molecule has 0 atom stereocenters. The van der Waals surface area contributed by atoms with E-state index in [1.807, 2.05) is 0 Å². The van der Waals surface area contributed by atoms with Gasteiger partial charge in [0, 0.05) is 5.39 Å². The van der Waals surface area contributed by atoms with Crippen LogP contribution in [0.25, 0.3) is 10.9 Å². The topological polar surface area (TPSA) is 47.9 Å². The largest absolute Gasteiger partial charge is 0.433 e. The highest BCUT2D eigenvalue weighted by atomic mass is 35.5. The number of fused-ring (bicyclic) bond motifs is 1. The zero-order valence-corrected chi connectivity index (χ0v) is 11.6. The normalized spacial score (nSPS) is 11.6. The van der Waals surface area contributed by atoms with E-state index in [4.69, 9.17) is 16.3 Å². The van der Waals surface area contributed by atoms with Gasteiger partial charge in [0.1, 0.15) is 11.4 Å². The summed E-state index contributed by atoms with van der Waals surface area (Å²) in [5, 5.41) is 0.774. The van der Waals surface area contributed by atoms with Crippen molar-refractivity contribution in [2.24, 2.45) is 0 Å². The molecule has 2 aromatic heterocycles. The van der Waals surface area contributed by atoms with Gasteiger partial charge in [-0.25, -0.2) is 15.0 Å². The smallest absolute Gasteiger partial charge is 0.424 e. The molecule has 112 valence electrons. The lowest BCUT2D eigenvalue weighted by Gasteiger charge is -2.09. The number of benzene rings is 1. The molecule has 3 aromatic rings. The van der Waals surface area contributed by atoms with Gasteiger partial charge in [0.15, 0.2) is 0 Å². The number of nitrogens with zero attached hydrogens (tertiary/aromatic N) is 3. The maximum Gasteiger partial charge on any atom is 0.433 e. The van der Waals surface area contributed by atoms with Crippen molar-refractivity contribution in [1.29, 1.82) is 0 Å². The second-order valence-electron chi connectivity index (χ2n) is 4.30. The molecular weight excluding hydrogens is 319 g/mol. The minimum Gasteiger partial charge on any atom is -0.424 e. The molecule has 3 rings (SSSR count). The Morgan fingerprint density at radius 2 is 1.73 bits per heavy atom. The molecule has 0 bridgehead atoms. The van der Waals surface area contributed by atoms with Crippen molar-refractivity contribution in [2.75, 3.05) is 0 Å². The van der Waals surface area contributed by atoms with Crippen LogP contribution in [0.3, 0.4) is 0 Å². The number of alkyl halides is 3. The molecule has 22 heavy (non-hydrogen) atoms. The number of hydrogen-bond acceptors (Lipinski definition) is 4. The maximum absolute atomic E-state index is 12.7. The van der Waals surface area contributed by atoms with Crippen LogP contribution in [-0.4, -0.2) is 15.0 Å². The van der Waals surface area contributed by atoms with Gasteiger partial charge >= 0.3 is 12.2 Å². The lowest BCUT2D eigenvalue weighted by molar-refractivity contribution is -0.140. The molecule has 0 radical (unpaired) electrons. The van der Waals surface area contributed by atoms with Crippen molar-refractivity contribution in [1.82, 2.24) is 15.0 Å². The summed E-state index contributed by atoms with van der Waals surface area (Å²) in [5.74, 6) is 0.307. The third kappa shape index (κ3) is 2.94. The van der Waals surface area contributed by atoms with E-state index >= 15 is 0 Å². The van der Waals surface area contributed by atoms with E-state index in [0.717, 1.165) is 6.07 Å². The Morgan fingerprint density at radius 3 is 2.41 bits per heavy atom. The van der Waals surface area contributed by atoms with Crippen LogP contribution in [0.4, 0.5) is 13.2 Å². The van der Waals surface area contributed by atoms with Crippen LogP contribution in [-0.2, 0) is 6.18 Å². The molecule has 8 heteroatoms. The minimum atomic E-state index is -4.50. The van der Waals surface area contributed by atoms with E-state index in [-0.39, 0.29) is 11.5 Å². The minimum absolute atomic E-state index is 0.0387. The lowest BCUT2D eigenvalue weighted by atomic mass is 10.2. The summed E-state index contributed by atoms with van der Waals surface area (Å²) < 4.78 is 43.5. The Hall–Kier alpha value is -2.41. The molecule has 0 saturated carbocycles. The van der Waals surface area contributed by atoms with Crippen molar-refractivity contribution < 1.29 is 17.9 Å². The SMILES string of the molecule is FC(F)(F)c1ccc2c(Oc3ncc(Cl)cn3)cccc2n1. The van der Waals surface area contributed by atoms with Crippen LogP contribution in [0.15, 0.2) is 42.7 Å². The van der Waals surface area contributed by atoms with Crippen molar-refractivity contribution in [2.45, 2.75) is 6.18 Å². The first-order valence-corrected chi connectivity index (χ1v) is 6.44. The third-order valence-corrected chi connectivity index (χ3v) is 2.98. The van der Waals surface area contributed by atoms with Crippen molar-refractivity contribution >= 4 is 22.5 Å². The van der Waals surface area contributed by atoms with E-state index < -0.39 is 11.9 Å². The van der Waals surface area contributed by atoms with E-state index in [1.54, 1.807) is 12.1 Å². The van der Waals surface area contributed by atoms with Crippen molar-refractivity contribution in [3.63, 3.8) is 0 Å². The second kappa shape index (κ2) is 5.42. The summed E-state index contributed by atoms with van der Waals surface area (Å²) in [6.45, 7) is 0. The van der Waals surface area contributed by atoms with Crippen molar-refractivity contribution in [3.8, 4) is 11.8 Å². The summed E-state index contributed by atoms with van der Waals surface area (Å²) in [5.41, 5.74) is -0.791. The van der Waals surface area contributed by atoms with E-state index in [9.17, 15) is 13.2 Å². The van der Waals surface area contributed by atoms with Crippen LogP contribution in [0, 0.1) is 0 Å². The highest BCUT2D eigenvalue weighted by molar-refractivity contribution is 6.30. The molecule has 0 N–H and O–H groups in total. The molecule has 2 heterocycles. The monoisotopic (exact) mass is 325 g/mol. The fourth-order valence-corrected chi connectivity index (χ4v) is 1.92. The average Bonchev–Trinajstić information content (AvgIpc) is 2.48. The number of hydrogen-bond donors (Lipinski definition) is 0. The Kier molecular flexibility index (Phi) is 3.58. The van der Waals surface area contributed by atoms with Gasteiger partial charge in [-0.15, -0.1) is 0 Å². The zero-order valence-electron chi connectivity index (χ0n) is 10.8. The van der Waals surface area contributed by atoms with E-state index in [2.05, 4.69) is 15.0 Å². The Morgan fingerprint density at radius 1 is 1.00 bits per heavy atom. The van der Waals surface area contributed by atoms with E-state index in [0.29, 0.717) is 16.2 Å². The van der Waals surface area contributed by atoms with Gasteiger partial charge in [-0.05, 0) is 24.3 Å². The Bertz CT molecular complexity index is 822. The van der Waals surface area contributed by atoms with Gasteiger partial charge < -0.3 is 4.74 Å². The second-order valence-corrected chi connectivity index (χ2v) is 4.74. The third-order valence-electron chi connectivity index (χ3n) is 2.78. The predicted octanol–water partition coefficient (Wildman–Crippen LogP) is 4.49. The number of rotatable bonds is 2. The zero-order chi connectivity index (χ0) is 15.7. The van der Waals surface area contributed by atoms with E-state index in [1.165, 1.54) is 24.5 Å². The average molecular weight is 326 g/mol. The lowest BCUT2D eigenvalue weighted by Crippen LogP contribution is -2.07. The first kappa shape index (κ1) is 14.5. The highest BCUT2D eigenvalue weighted by Gasteiger charge is 2.32. The molecule has 1 aromatic carbocycles. The predicted molar refractivity (Wildman–Crippen MR) is 73.9 cm³/mol. The summed E-state index contributed by atoms with van der Waals surface area (Å²) >= 11 is 5.67. The Balaban J connectivity index is 2.02. The molecule has 4 nitrogen and oxygen atoms in total. The molecule has 0 amide bonds. The van der Waals surface area contributed by atoms with Crippen LogP contribution >= 0.6 is 11.6 Å². The summed E-state index contributed by atoms with van der Waals surface area (Å²) in [6, 6.07) is 6.85. The van der Waals surface area contributed by atoms with Crippen LogP contribution in [0.2, 0.25) is 5.02 Å². The summed E-state index contributed by atoms with van der Waals surface area (Å²) in [7, 11) is 0. The molecule has 0 spiro atoms. The molecule has 0 unspecified atom stereocenters. The fourth-order valence-electron chi connectivity index (χ4n) is 1.83. The van der Waals surface area contributed by atoms with Crippen LogP contribution < -0.4 is 4.74 Å². The molecule has 0 aliphatic rings. The standard InChI is InChI=1S/C14H7ClF3N3O/c15-8-6-19-13(20-7-8)22-11-3-1-2-10-9(11)4-5-12(21-10)14(16,17)18/h1-7H. The van der Waals surface area contributed by atoms with Gasteiger partial charge in [-0.2, -0.15) is 13.2 Å². The highest BCUT2D eigenvalue weighted by Crippen LogP contribution is 2.32. The molecular formula is C14H7ClF3N3O. The van der Waals surface area contributed by atoms with Crippen molar-refractivity contribution in [3.05, 3.63) is 53.4 Å². The van der Waals surface area contributed by atoms with Gasteiger partial charge in [-0.3, -0.25) is 0 Å².